The van der Waals surface area contributed by atoms with E-state index >= 15 is 0 Å². The lowest BCUT2D eigenvalue weighted by atomic mass is 9.32. The SMILES string of the molecule is CC1C(=O)N(C)C(=O)C1C12CC(C)(C1)C2. The van der Waals surface area contributed by atoms with Crippen LogP contribution in [0.1, 0.15) is 33.1 Å². The number of carbonyl (C=O) groups excluding carboxylic acids is 2. The average molecular weight is 207 g/mol. The van der Waals surface area contributed by atoms with Crippen LogP contribution in [0, 0.1) is 22.7 Å². The Kier molecular flexibility index (Phi) is 1.42. The minimum absolute atomic E-state index is 0.0138. The molecule has 3 nitrogen and oxygen atoms in total. The van der Waals surface area contributed by atoms with E-state index in [-0.39, 0.29) is 29.1 Å². The predicted octanol–water partition coefficient (Wildman–Crippen LogP) is 1.43. The smallest absolute Gasteiger partial charge is 0.233 e. The first-order valence-corrected chi connectivity index (χ1v) is 5.70. The lowest BCUT2D eigenvalue weighted by molar-refractivity contribution is -0.227. The van der Waals surface area contributed by atoms with Crippen LogP contribution in [0.25, 0.3) is 0 Å². The van der Waals surface area contributed by atoms with Crippen molar-refractivity contribution in [1.82, 2.24) is 4.90 Å². The van der Waals surface area contributed by atoms with Gasteiger partial charge in [-0.1, -0.05) is 13.8 Å². The van der Waals surface area contributed by atoms with Crippen molar-refractivity contribution in [2.75, 3.05) is 7.05 Å². The Morgan fingerprint density at radius 3 is 2.07 bits per heavy atom. The van der Waals surface area contributed by atoms with Gasteiger partial charge in [0.1, 0.15) is 0 Å². The maximum atomic E-state index is 12.0. The van der Waals surface area contributed by atoms with Crippen LogP contribution in [0.15, 0.2) is 0 Å². The summed E-state index contributed by atoms with van der Waals surface area (Å²) in [6, 6.07) is 0. The number of rotatable bonds is 1. The van der Waals surface area contributed by atoms with Gasteiger partial charge in [-0.2, -0.15) is 0 Å². The monoisotopic (exact) mass is 207 g/mol. The highest BCUT2D eigenvalue weighted by Gasteiger charge is 2.72. The molecule has 0 N–H and O–H groups in total. The van der Waals surface area contributed by atoms with E-state index in [1.165, 1.54) is 4.90 Å². The molecule has 82 valence electrons. The molecule has 2 bridgehead atoms. The van der Waals surface area contributed by atoms with Crippen LogP contribution in [0.2, 0.25) is 0 Å². The van der Waals surface area contributed by atoms with Crippen LogP contribution >= 0.6 is 0 Å². The van der Waals surface area contributed by atoms with E-state index in [9.17, 15) is 9.59 Å². The fourth-order valence-electron chi connectivity index (χ4n) is 4.50. The van der Waals surface area contributed by atoms with Crippen LogP contribution in [0.5, 0.6) is 0 Å². The second kappa shape index (κ2) is 2.28. The van der Waals surface area contributed by atoms with Crippen molar-refractivity contribution < 1.29 is 9.59 Å². The Hall–Kier alpha value is -0.860. The fraction of sp³-hybridized carbons (Fsp3) is 0.833. The number of nitrogens with zero attached hydrogens (tertiary/aromatic N) is 1. The molecular formula is C12H17NO2. The van der Waals surface area contributed by atoms with Crippen molar-refractivity contribution in [2.24, 2.45) is 22.7 Å². The van der Waals surface area contributed by atoms with Crippen molar-refractivity contribution in [3.63, 3.8) is 0 Å². The summed E-state index contributed by atoms with van der Waals surface area (Å²) in [6.07, 6.45) is 3.46. The summed E-state index contributed by atoms with van der Waals surface area (Å²) >= 11 is 0. The van der Waals surface area contributed by atoms with E-state index in [0.717, 1.165) is 19.3 Å². The molecule has 2 atom stereocenters. The van der Waals surface area contributed by atoms with Gasteiger partial charge in [-0.3, -0.25) is 14.5 Å². The van der Waals surface area contributed by atoms with Crippen LogP contribution in [-0.4, -0.2) is 23.8 Å². The molecule has 15 heavy (non-hydrogen) atoms. The zero-order valence-electron chi connectivity index (χ0n) is 9.54. The maximum Gasteiger partial charge on any atom is 0.233 e. The highest BCUT2D eigenvalue weighted by Crippen LogP contribution is 2.77. The average Bonchev–Trinajstić information content (AvgIpc) is 2.26. The maximum absolute atomic E-state index is 12.0. The van der Waals surface area contributed by atoms with Gasteiger partial charge in [0.15, 0.2) is 0 Å². The summed E-state index contributed by atoms with van der Waals surface area (Å²) in [5.74, 6) is -0.0293. The Morgan fingerprint density at radius 2 is 1.73 bits per heavy atom. The lowest BCUT2D eigenvalue weighted by Gasteiger charge is -2.72. The standard InChI is InChI=1S/C12H17NO2/c1-7-8(10(15)13(3)9(7)14)12-4-11(2,5-12)6-12/h7-8H,4-6H2,1-3H3. The van der Waals surface area contributed by atoms with E-state index < -0.39 is 0 Å². The van der Waals surface area contributed by atoms with Crippen LogP contribution in [0.3, 0.4) is 0 Å². The van der Waals surface area contributed by atoms with Gasteiger partial charge >= 0.3 is 0 Å². The quantitative estimate of drug-likeness (QED) is 0.610. The molecule has 4 aliphatic rings. The topological polar surface area (TPSA) is 37.4 Å². The van der Waals surface area contributed by atoms with Crippen LogP contribution < -0.4 is 0 Å². The first-order valence-electron chi connectivity index (χ1n) is 5.70. The molecule has 0 radical (unpaired) electrons. The number of carbonyl (C=O) groups is 2. The second-order valence-corrected chi connectivity index (χ2v) is 6.21. The van der Waals surface area contributed by atoms with Crippen molar-refractivity contribution in [1.29, 1.82) is 0 Å². The normalized spacial score (nSPS) is 52.9. The highest BCUT2D eigenvalue weighted by atomic mass is 16.2. The van der Waals surface area contributed by atoms with Gasteiger partial charge in [0, 0.05) is 13.0 Å². The number of hydrogen-bond donors (Lipinski definition) is 0. The summed E-state index contributed by atoms with van der Waals surface area (Å²) in [6.45, 7) is 4.20. The number of hydrogen-bond acceptors (Lipinski definition) is 2. The molecule has 1 aliphatic heterocycles. The minimum atomic E-state index is -0.0904. The van der Waals surface area contributed by atoms with Crippen molar-refractivity contribution in [3.05, 3.63) is 0 Å². The first-order chi connectivity index (χ1) is 6.89. The third kappa shape index (κ3) is 0.876. The van der Waals surface area contributed by atoms with Gasteiger partial charge in [-0.25, -0.2) is 0 Å². The van der Waals surface area contributed by atoms with E-state index in [4.69, 9.17) is 0 Å². The fourth-order valence-corrected chi connectivity index (χ4v) is 4.50. The van der Waals surface area contributed by atoms with Crippen molar-refractivity contribution in [3.8, 4) is 0 Å². The third-order valence-corrected chi connectivity index (χ3v) is 4.81. The summed E-state index contributed by atoms with van der Waals surface area (Å²) in [5, 5.41) is 0. The van der Waals surface area contributed by atoms with E-state index in [1.807, 2.05) is 6.92 Å². The molecule has 0 spiro atoms. The summed E-state index contributed by atoms with van der Waals surface area (Å²) in [4.78, 5) is 25.0. The second-order valence-electron chi connectivity index (χ2n) is 6.21. The van der Waals surface area contributed by atoms with Gasteiger partial charge in [-0.05, 0) is 30.1 Å². The molecule has 3 heteroatoms. The largest absolute Gasteiger partial charge is 0.285 e. The highest BCUT2D eigenvalue weighted by molar-refractivity contribution is 6.05. The van der Waals surface area contributed by atoms with E-state index in [0.29, 0.717) is 5.41 Å². The zero-order chi connectivity index (χ0) is 11.0. The van der Waals surface area contributed by atoms with Crippen molar-refractivity contribution in [2.45, 2.75) is 33.1 Å². The molecular weight excluding hydrogens is 190 g/mol. The molecule has 3 saturated carbocycles. The predicted molar refractivity (Wildman–Crippen MR) is 54.8 cm³/mol. The molecule has 3 aliphatic carbocycles. The number of imide groups is 1. The van der Waals surface area contributed by atoms with Gasteiger partial charge in [0.25, 0.3) is 0 Å². The van der Waals surface area contributed by atoms with Gasteiger partial charge in [0.05, 0.1) is 5.92 Å². The van der Waals surface area contributed by atoms with Gasteiger partial charge in [-0.15, -0.1) is 0 Å². The Balaban J connectivity index is 1.89. The molecule has 4 fully saturated rings. The zero-order valence-corrected chi connectivity index (χ0v) is 9.54. The van der Waals surface area contributed by atoms with Gasteiger partial charge in [0.2, 0.25) is 11.8 Å². The molecule has 0 aromatic rings. The summed E-state index contributed by atoms with van der Waals surface area (Å²) in [7, 11) is 1.62. The molecule has 0 aromatic heterocycles. The molecule has 2 amide bonds. The molecule has 1 heterocycles. The number of likely N-dealkylation sites (tertiary alicyclic amines) is 1. The molecule has 4 rings (SSSR count). The Labute approximate surface area is 89.8 Å². The lowest BCUT2D eigenvalue weighted by Crippen LogP contribution is -2.65. The minimum Gasteiger partial charge on any atom is -0.285 e. The molecule has 2 unspecified atom stereocenters. The van der Waals surface area contributed by atoms with Crippen LogP contribution in [0.4, 0.5) is 0 Å². The summed E-state index contributed by atoms with van der Waals surface area (Å²) in [5.41, 5.74) is 0.704. The van der Waals surface area contributed by atoms with E-state index in [2.05, 4.69) is 6.92 Å². The Bertz CT molecular complexity index is 354. The van der Waals surface area contributed by atoms with Gasteiger partial charge < -0.3 is 0 Å². The van der Waals surface area contributed by atoms with Crippen LogP contribution in [-0.2, 0) is 9.59 Å². The first kappa shape index (κ1) is 9.37. The van der Waals surface area contributed by atoms with Crippen molar-refractivity contribution >= 4 is 11.8 Å². The Morgan fingerprint density at radius 1 is 1.20 bits per heavy atom. The van der Waals surface area contributed by atoms with E-state index in [1.54, 1.807) is 7.05 Å². The molecule has 1 saturated heterocycles. The number of amides is 2. The third-order valence-electron chi connectivity index (χ3n) is 4.81. The summed E-state index contributed by atoms with van der Waals surface area (Å²) < 4.78 is 0. The molecule has 0 aromatic carbocycles.